The quantitative estimate of drug-likeness (QED) is 0.780. The summed E-state index contributed by atoms with van der Waals surface area (Å²) in [4.78, 5) is 25.7. The van der Waals surface area contributed by atoms with Crippen LogP contribution in [0.2, 0.25) is 0 Å². The highest BCUT2D eigenvalue weighted by Crippen LogP contribution is 2.22. The van der Waals surface area contributed by atoms with Crippen LogP contribution in [0.25, 0.3) is 0 Å². The first-order chi connectivity index (χ1) is 9.10. The highest BCUT2D eigenvalue weighted by Gasteiger charge is 2.30. The number of carbonyl (C=O) groups excluding carboxylic acids is 2. The van der Waals surface area contributed by atoms with Gasteiger partial charge >= 0.3 is 0 Å². The minimum Gasteiger partial charge on any atom is -0.335 e. The second kappa shape index (κ2) is 6.33. The minimum atomic E-state index is 0.00629. The second-order valence-corrected chi connectivity index (χ2v) is 5.98. The lowest BCUT2D eigenvalue weighted by Crippen LogP contribution is -2.31. The average Bonchev–Trinajstić information content (AvgIpc) is 2.70. The van der Waals surface area contributed by atoms with Gasteiger partial charge in [0.25, 0.3) is 0 Å². The number of hydrogen-bond acceptors (Lipinski definition) is 2. The summed E-state index contributed by atoms with van der Waals surface area (Å²) in [5.41, 5.74) is 0.654. The molecule has 1 aliphatic rings. The van der Waals surface area contributed by atoms with Crippen LogP contribution < -0.4 is 0 Å². The zero-order valence-electron chi connectivity index (χ0n) is 11.1. The molecule has 1 fully saturated rings. The molecule has 0 bridgehead atoms. The summed E-state index contributed by atoms with van der Waals surface area (Å²) >= 11 is 3.35. The summed E-state index contributed by atoms with van der Waals surface area (Å²) < 4.78 is 0.884. The van der Waals surface area contributed by atoms with E-state index in [0.717, 1.165) is 23.9 Å². The SMILES string of the molecule is CCCC1CC(=O)N(CC(=O)c2cccc(Br)c2)C1. The summed E-state index contributed by atoms with van der Waals surface area (Å²) in [6.07, 6.45) is 2.75. The zero-order valence-corrected chi connectivity index (χ0v) is 12.6. The van der Waals surface area contributed by atoms with Gasteiger partial charge < -0.3 is 4.90 Å². The van der Waals surface area contributed by atoms with E-state index in [4.69, 9.17) is 0 Å². The van der Waals surface area contributed by atoms with Crippen molar-refractivity contribution in [3.05, 3.63) is 34.3 Å². The molecule has 102 valence electrons. The lowest BCUT2D eigenvalue weighted by atomic mass is 10.0. The van der Waals surface area contributed by atoms with Gasteiger partial charge in [-0.2, -0.15) is 0 Å². The minimum absolute atomic E-state index is 0.00629. The number of nitrogens with zero attached hydrogens (tertiary/aromatic N) is 1. The Morgan fingerprint density at radius 3 is 2.95 bits per heavy atom. The molecule has 1 heterocycles. The zero-order chi connectivity index (χ0) is 13.8. The topological polar surface area (TPSA) is 37.4 Å². The molecule has 0 radical (unpaired) electrons. The van der Waals surface area contributed by atoms with Crippen LogP contribution in [-0.4, -0.2) is 29.7 Å². The molecule has 19 heavy (non-hydrogen) atoms. The Labute approximate surface area is 122 Å². The Morgan fingerprint density at radius 2 is 2.26 bits per heavy atom. The van der Waals surface area contributed by atoms with Crippen molar-refractivity contribution in [2.45, 2.75) is 26.2 Å². The summed E-state index contributed by atoms with van der Waals surface area (Å²) in [7, 11) is 0. The second-order valence-electron chi connectivity index (χ2n) is 5.07. The van der Waals surface area contributed by atoms with E-state index in [2.05, 4.69) is 22.9 Å². The van der Waals surface area contributed by atoms with Crippen LogP contribution >= 0.6 is 15.9 Å². The molecule has 1 unspecified atom stereocenters. The summed E-state index contributed by atoms with van der Waals surface area (Å²) in [6.45, 7) is 3.06. The molecule has 1 saturated heterocycles. The predicted octanol–water partition coefficient (Wildman–Crippen LogP) is 3.28. The Bertz CT molecular complexity index is 487. The summed E-state index contributed by atoms with van der Waals surface area (Å²) in [5.74, 6) is 0.543. The Balaban J connectivity index is 1.98. The number of Topliss-reactive ketones (excluding diaryl/α,β-unsaturated/α-hetero) is 1. The van der Waals surface area contributed by atoms with Gasteiger partial charge in [0.2, 0.25) is 5.91 Å². The molecule has 3 nitrogen and oxygen atoms in total. The first kappa shape index (κ1) is 14.3. The molecular formula is C15H18BrNO2. The Kier molecular flexibility index (Phi) is 4.75. The number of likely N-dealkylation sites (tertiary alicyclic amines) is 1. The molecule has 1 atom stereocenters. The van der Waals surface area contributed by atoms with Crippen LogP contribution in [0.3, 0.4) is 0 Å². The van der Waals surface area contributed by atoms with Crippen LogP contribution in [0.1, 0.15) is 36.5 Å². The van der Waals surface area contributed by atoms with E-state index in [1.807, 2.05) is 12.1 Å². The van der Waals surface area contributed by atoms with Crippen LogP contribution in [0.4, 0.5) is 0 Å². The Morgan fingerprint density at radius 1 is 1.47 bits per heavy atom. The molecule has 4 heteroatoms. The molecule has 1 aromatic carbocycles. The van der Waals surface area contributed by atoms with Gasteiger partial charge in [0.05, 0.1) is 6.54 Å². The maximum atomic E-state index is 12.1. The molecular weight excluding hydrogens is 306 g/mol. The lowest BCUT2D eigenvalue weighted by Gasteiger charge is -2.15. The number of ketones is 1. The van der Waals surface area contributed by atoms with E-state index in [1.54, 1.807) is 17.0 Å². The van der Waals surface area contributed by atoms with Crippen molar-refractivity contribution in [3.8, 4) is 0 Å². The number of halogens is 1. The molecule has 1 amide bonds. The van der Waals surface area contributed by atoms with Gasteiger partial charge in [0.15, 0.2) is 5.78 Å². The van der Waals surface area contributed by atoms with Crippen molar-refractivity contribution in [3.63, 3.8) is 0 Å². The van der Waals surface area contributed by atoms with E-state index in [-0.39, 0.29) is 18.2 Å². The fourth-order valence-corrected chi connectivity index (χ4v) is 2.93. The van der Waals surface area contributed by atoms with Crippen molar-refractivity contribution in [2.24, 2.45) is 5.92 Å². The Hall–Kier alpha value is -1.16. The fourth-order valence-electron chi connectivity index (χ4n) is 2.53. The van der Waals surface area contributed by atoms with Gasteiger partial charge in [0.1, 0.15) is 0 Å². The molecule has 1 aromatic rings. The van der Waals surface area contributed by atoms with Crippen LogP contribution in [-0.2, 0) is 4.79 Å². The van der Waals surface area contributed by atoms with E-state index in [1.165, 1.54) is 0 Å². The van der Waals surface area contributed by atoms with E-state index >= 15 is 0 Å². The number of carbonyl (C=O) groups is 2. The third kappa shape index (κ3) is 3.66. The first-order valence-electron chi connectivity index (χ1n) is 6.66. The molecule has 2 rings (SSSR count). The standard InChI is InChI=1S/C15H18BrNO2/c1-2-4-11-7-15(19)17(9-11)10-14(18)12-5-3-6-13(16)8-12/h3,5-6,8,11H,2,4,7,9-10H2,1H3. The van der Waals surface area contributed by atoms with E-state index < -0.39 is 0 Å². The maximum Gasteiger partial charge on any atom is 0.223 e. The molecule has 0 aliphatic carbocycles. The normalized spacial score (nSPS) is 18.9. The molecule has 0 aromatic heterocycles. The first-order valence-corrected chi connectivity index (χ1v) is 7.46. The third-order valence-electron chi connectivity index (χ3n) is 3.47. The maximum absolute atomic E-state index is 12.1. The van der Waals surface area contributed by atoms with Crippen LogP contribution in [0.15, 0.2) is 28.7 Å². The predicted molar refractivity (Wildman–Crippen MR) is 78.1 cm³/mol. The number of benzene rings is 1. The van der Waals surface area contributed by atoms with Crippen molar-refractivity contribution < 1.29 is 9.59 Å². The van der Waals surface area contributed by atoms with Gasteiger partial charge in [-0.25, -0.2) is 0 Å². The van der Waals surface area contributed by atoms with Crippen LogP contribution in [0.5, 0.6) is 0 Å². The van der Waals surface area contributed by atoms with Crippen molar-refractivity contribution in [2.75, 3.05) is 13.1 Å². The van der Waals surface area contributed by atoms with Gasteiger partial charge in [-0.1, -0.05) is 41.4 Å². The molecule has 0 N–H and O–H groups in total. The number of amides is 1. The molecule has 1 aliphatic heterocycles. The largest absolute Gasteiger partial charge is 0.335 e. The van der Waals surface area contributed by atoms with Gasteiger partial charge in [-0.05, 0) is 24.5 Å². The van der Waals surface area contributed by atoms with E-state index in [0.29, 0.717) is 17.9 Å². The van der Waals surface area contributed by atoms with Crippen molar-refractivity contribution in [1.82, 2.24) is 4.90 Å². The van der Waals surface area contributed by atoms with Crippen molar-refractivity contribution in [1.29, 1.82) is 0 Å². The third-order valence-corrected chi connectivity index (χ3v) is 3.97. The highest BCUT2D eigenvalue weighted by atomic mass is 79.9. The summed E-state index contributed by atoms with van der Waals surface area (Å²) in [6, 6.07) is 7.31. The average molecular weight is 324 g/mol. The van der Waals surface area contributed by atoms with Gasteiger partial charge in [-0.3, -0.25) is 9.59 Å². The van der Waals surface area contributed by atoms with E-state index in [9.17, 15) is 9.59 Å². The monoisotopic (exact) mass is 323 g/mol. The number of rotatable bonds is 5. The van der Waals surface area contributed by atoms with Gasteiger partial charge in [0, 0.05) is 23.0 Å². The molecule has 0 spiro atoms. The highest BCUT2D eigenvalue weighted by molar-refractivity contribution is 9.10. The smallest absolute Gasteiger partial charge is 0.223 e. The van der Waals surface area contributed by atoms with Gasteiger partial charge in [-0.15, -0.1) is 0 Å². The lowest BCUT2D eigenvalue weighted by molar-refractivity contribution is -0.127. The summed E-state index contributed by atoms with van der Waals surface area (Å²) in [5, 5.41) is 0. The van der Waals surface area contributed by atoms with Crippen molar-refractivity contribution >= 4 is 27.6 Å². The van der Waals surface area contributed by atoms with Crippen LogP contribution in [0, 0.1) is 5.92 Å². The molecule has 0 saturated carbocycles. The fraction of sp³-hybridized carbons (Fsp3) is 0.467. The number of hydrogen-bond donors (Lipinski definition) is 0.